The molecule has 0 fully saturated rings. The number of halogens is 1. The Morgan fingerprint density at radius 2 is 1.57 bits per heavy atom. The van der Waals surface area contributed by atoms with Crippen LogP contribution in [0.3, 0.4) is 0 Å². The van der Waals surface area contributed by atoms with E-state index in [0.717, 1.165) is 13.0 Å². The molecule has 0 aromatic heterocycles. The van der Waals surface area contributed by atoms with Gasteiger partial charge in [-0.1, -0.05) is 12.1 Å². The van der Waals surface area contributed by atoms with E-state index in [0.29, 0.717) is 10.3 Å². The SMILES string of the molecule is CC(C)(C)[PH+](c1cccc2c1OCC2)C(C)(C)C.[CH3-].[Cl][Pd+]. The number of benzene rings is 1. The van der Waals surface area contributed by atoms with Crippen molar-refractivity contribution in [3.63, 3.8) is 0 Å². The maximum atomic E-state index is 5.93. The number of rotatable bonds is 1. The molecule has 0 bridgehead atoms. The van der Waals surface area contributed by atoms with E-state index in [1.165, 1.54) is 16.6 Å². The summed E-state index contributed by atoms with van der Waals surface area (Å²) in [7, 11) is 3.79. The molecule has 1 nitrogen and oxygen atoms in total. The van der Waals surface area contributed by atoms with Gasteiger partial charge in [-0.2, -0.15) is 0 Å². The molecular weight excluding hydrogens is 393 g/mol. The molecule has 0 saturated carbocycles. The molecule has 1 aromatic rings. The third kappa shape index (κ3) is 5.21. The Hall–Kier alpha value is 0.402. The molecule has 2 rings (SSSR count). The number of hydrogen-bond donors (Lipinski definition) is 0. The Morgan fingerprint density at radius 3 is 2.05 bits per heavy atom. The van der Waals surface area contributed by atoms with Gasteiger partial charge in [0.05, 0.1) is 16.9 Å². The monoisotopic (exact) mass is 421 g/mol. The minimum absolute atomic E-state index is 0. The fourth-order valence-electron chi connectivity index (χ4n) is 3.35. The van der Waals surface area contributed by atoms with E-state index in [1.807, 2.05) is 0 Å². The van der Waals surface area contributed by atoms with Crippen molar-refractivity contribution in [2.24, 2.45) is 0 Å². The Bertz CT molecular complexity index is 435. The first-order chi connectivity index (χ1) is 9.21. The van der Waals surface area contributed by atoms with Crippen LogP contribution in [0, 0.1) is 7.43 Å². The second kappa shape index (κ2) is 8.31. The predicted molar refractivity (Wildman–Crippen MR) is 95.4 cm³/mol. The van der Waals surface area contributed by atoms with E-state index < -0.39 is 7.92 Å². The van der Waals surface area contributed by atoms with Crippen LogP contribution >= 0.6 is 17.5 Å². The molecular formula is C17H29ClOPPd+. The summed E-state index contributed by atoms with van der Waals surface area (Å²) in [6.07, 6.45) is 1.08. The summed E-state index contributed by atoms with van der Waals surface area (Å²) in [4.78, 5) is 0. The quantitative estimate of drug-likeness (QED) is 0.344. The van der Waals surface area contributed by atoms with Gasteiger partial charge in [-0.25, -0.2) is 0 Å². The fraction of sp³-hybridized carbons (Fsp3) is 0.588. The second-order valence-corrected chi connectivity index (χ2v) is 11.6. The van der Waals surface area contributed by atoms with Gasteiger partial charge in [0.2, 0.25) is 0 Å². The molecule has 1 heterocycles. The van der Waals surface area contributed by atoms with Gasteiger partial charge in [-0.15, -0.1) is 0 Å². The molecule has 0 N–H and O–H groups in total. The van der Waals surface area contributed by atoms with E-state index in [2.05, 4.69) is 87.5 Å². The molecule has 124 valence electrons. The zero-order valence-electron chi connectivity index (χ0n) is 14.2. The number of hydrogen-bond acceptors (Lipinski definition) is 1. The van der Waals surface area contributed by atoms with Gasteiger partial charge in [0, 0.05) is 19.9 Å². The molecule has 0 unspecified atom stereocenters. The molecule has 0 aliphatic carbocycles. The molecule has 1 aliphatic heterocycles. The molecule has 0 amide bonds. The average molecular weight is 422 g/mol. The summed E-state index contributed by atoms with van der Waals surface area (Å²) >= 11 is 2.22. The maximum absolute atomic E-state index is 5.93. The standard InChI is InChI=1S/C16H25OP.CH3.ClH.Pd/c1-15(2,3)18(16(4,5)6)13-9-7-8-12-10-11-17-14(12)13;;;/h7-9H,10-11H2,1-6H3;1H3;1H;/q;-1;;+2. The summed E-state index contributed by atoms with van der Waals surface area (Å²) in [6, 6.07) is 6.73. The van der Waals surface area contributed by atoms with Crippen LogP contribution in [0.15, 0.2) is 18.2 Å². The van der Waals surface area contributed by atoms with Gasteiger partial charge in [0.15, 0.2) is 5.75 Å². The van der Waals surface area contributed by atoms with Gasteiger partial charge in [0.1, 0.15) is 5.30 Å². The van der Waals surface area contributed by atoms with Gasteiger partial charge in [-0.05, 0) is 47.6 Å². The number of para-hydroxylation sites is 1. The molecule has 1 aliphatic rings. The third-order valence-electron chi connectivity index (χ3n) is 3.48. The van der Waals surface area contributed by atoms with Crippen molar-refractivity contribution >= 4 is 22.8 Å². The first-order valence-electron chi connectivity index (χ1n) is 6.96. The molecule has 0 radical (unpaired) electrons. The van der Waals surface area contributed by atoms with Crippen LogP contribution in [-0.2, 0) is 24.6 Å². The van der Waals surface area contributed by atoms with E-state index in [9.17, 15) is 0 Å². The van der Waals surface area contributed by atoms with Gasteiger partial charge < -0.3 is 12.2 Å². The second-order valence-electron chi connectivity index (χ2n) is 7.27. The van der Waals surface area contributed by atoms with Gasteiger partial charge >= 0.3 is 27.7 Å². The van der Waals surface area contributed by atoms with Crippen molar-refractivity contribution in [1.29, 1.82) is 0 Å². The summed E-state index contributed by atoms with van der Waals surface area (Å²) in [5.74, 6) is 1.20. The zero-order chi connectivity index (χ0) is 15.6. The molecule has 0 spiro atoms. The van der Waals surface area contributed by atoms with Gasteiger partial charge in [-0.3, -0.25) is 0 Å². The number of ether oxygens (including phenoxy) is 1. The first-order valence-corrected chi connectivity index (χ1v) is 10.5. The third-order valence-corrected chi connectivity index (χ3v) is 7.42. The van der Waals surface area contributed by atoms with Crippen molar-refractivity contribution in [3.05, 3.63) is 31.2 Å². The number of fused-ring (bicyclic) bond motifs is 1. The summed E-state index contributed by atoms with van der Waals surface area (Å²) in [6.45, 7) is 15.1. The Kier molecular flexibility index (Phi) is 8.47. The topological polar surface area (TPSA) is 9.23 Å². The van der Waals surface area contributed by atoms with Crippen LogP contribution in [0.5, 0.6) is 5.75 Å². The van der Waals surface area contributed by atoms with Crippen LogP contribution in [0.25, 0.3) is 0 Å². The van der Waals surface area contributed by atoms with E-state index in [4.69, 9.17) is 4.74 Å². The van der Waals surface area contributed by atoms with Crippen LogP contribution in [0.2, 0.25) is 0 Å². The van der Waals surface area contributed by atoms with E-state index >= 15 is 0 Å². The first kappa shape index (κ1) is 21.4. The molecule has 0 atom stereocenters. The molecule has 4 heteroatoms. The van der Waals surface area contributed by atoms with Gasteiger partial charge in [0.25, 0.3) is 0 Å². The Morgan fingerprint density at radius 1 is 1.05 bits per heavy atom. The van der Waals surface area contributed by atoms with Crippen molar-refractivity contribution < 1.29 is 22.9 Å². The predicted octanol–water partition coefficient (Wildman–Crippen LogP) is 5.20. The van der Waals surface area contributed by atoms with Crippen molar-refractivity contribution in [2.75, 3.05) is 6.61 Å². The molecule has 1 aromatic carbocycles. The average Bonchev–Trinajstić information content (AvgIpc) is 2.77. The minimum atomic E-state index is -0.702. The summed E-state index contributed by atoms with van der Waals surface area (Å²) < 4.78 is 5.93. The fourth-order valence-corrected chi connectivity index (χ4v) is 7.93. The van der Waals surface area contributed by atoms with Crippen molar-refractivity contribution in [1.82, 2.24) is 0 Å². The Balaban J connectivity index is 0.00000128. The van der Waals surface area contributed by atoms with Crippen LogP contribution in [0.4, 0.5) is 0 Å². The zero-order valence-corrected chi connectivity index (χ0v) is 17.6. The summed E-state index contributed by atoms with van der Waals surface area (Å²) in [5.41, 5.74) is 1.41. The molecule has 21 heavy (non-hydrogen) atoms. The van der Waals surface area contributed by atoms with Crippen LogP contribution in [0.1, 0.15) is 47.1 Å². The molecule has 0 saturated heterocycles. The normalized spacial score (nSPS) is 13.8. The summed E-state index contributed by atoms with van der Waals surface area (Å²) in [5, 5.41) is 2.17. The van der Waals surface area contributed by atoms with Crippen LogP contribution in [-0.4, -0.2) is 16.9 Å². The Labute approximate surface area is 147 Å². The van der Waals surface area contributed by atoms with E-state index in [-0.39, 0.29) is 7.43 Å². The van der Waals surface area contributed by atoms with E-state index in [1.54, 1.807) is 0 Å². The van der Waals surface area contributed by atoms with Crippen LogP contribution < -0.4 is 10.0 Å². The van der Waals surface area contributed by atoms with Crippen molar-refractivity contribution in [3.8, 4) is 5.75 Å². The van der Waals surface area contributed by atoms with Crippen molar-refractivity contribution in [2.45, 2.75) is 58.3 Å².